The maximum Gasteiger partial charge on any atom is 0.338 e. The number of nitro groups is 1. The minimum absolute atomic E-state index is 0.0122. The van der Waals surface area contributed by atoms with E-state index in [0.717, 1.165) is 6.07 Å². The van der Waals surface area contributed by atoms with Crippen molar-refractivity contribution in [2.75, 3.05) is 13.2 Å². The number of ether oxygens (including phenoxy) is 3. The molecule has 138 valence electrons. The van der Waals surface area contributed by atoms with Gasteiger partial charge in [0.1, 0.15) is 11.6 Å². The van der Waals surface area contributed by atoms with Crippen molar-refractivity contribution in [2.24, 2.45) is 0 Å². The van der Waals surface area contributed by atoms with Crippen LogP contribution in [0.3, 0.4) is 0 Å². The lowest BCUT2D eigenvalue weighted by molar-refractivity contribution is -0.384. The van der Waals surface area contributed by atoms with Gasteiger partial charge in [0.2, 0.25) is 0 Å². The summed E-state index contributed by atoms with van der Waals surface area (Å²) in [4.78, 5) is 22.4. The van der Waals surface area contributed by atoms with Crippen LogP contribution in [0.15, 0.2) is 36.4 Å². The lowest BCUT2D eigenvalue weighted by Crippen LogP contribution is -2.06. The number of esters is 1. The predicted octanol–water partition coefficient (Wildman–Crippen LogP) is 4.40. The topological polar surface area (TPSA) is 87.9 Å². The molecule has 0 bridgehead atoms. The molecular weight excluding hydrogens is 362 g/mol. The first kappa shape index (κ1) is 19.5. The van der Waals surface area contributed by atoms with Crippen LogP contribution in [0.1, 0.15) is 29.8 Å². The van der Waals surface area contributed by atoms with Crippen LogP contribution in [0.5, 0.6) is 11.5 Å². The van der Waals surface area contributed by atoms with E-state index in [1.54, 1.807) is 18.2 Å². The van der Waals surface area contributed by atoms with Gasteiger partial charge in [-0.2, -0.15) is 0 Å². The average molecular weight is 380 g/mol. The van der Waals surface area contributed by atoms with Crippen molar-refractivity contribution in [2.45, 2.75) is 20.5 Å². The summed E-state index contributed by atoms with van der Waals surface area (Å²) in [6.45, 7) is 4.69. The van der Waals surface area contributed by atoms with Crippen LogP contribution >= 0.6 is 11.6 Å². The van der Waals surface area contributed by atoms with Gasteiger partial charge < -0.3 is 14.2 Å². The maximum atomic E-state index is 12.1. The molecule has 0 radical (unpaired) electrons. The Hall–Kier alpha value is -2.80. The van der Waals surface area contributed by atoms with Gasteiger partial charge in [0, 0.05) is 6.07 Å². The molecule has 0 fully saturated rings. The SMILES string of the molecule is CCOc1ccc(COC(=O)c2ccc(Cl)c([N+](=O)[O-])c2)cc1OCC. The van der Waals surface area contributed by atoms with Gasteiger partial charge in [-0.3, -0.25) is 10.1 Å². The van der Waals surface area contributed by atoms with Crippen LogP contribution < -0.4 is 9.47 Å². The molecule has 0 aliphatic rings. The Bertz CT molecular complexity index is 808. The van der Waals surface area contributed by atoms with Crippen molar-refractivity contribution in [1.82, 2.24) is 0 Å². The van der Waals surface area contributed by atoms with Gasteiger partial charge in [0.15, 0.2) is 11.5 Å². The zero-order chi connectivity index (χ0) is 19.1. The summed E-state index contributed by atoms with van der Waals surface area (Å²) in [6, 6.07) is 8.98. The normalized spacial score (nSPS) is 10.3. The summed E-state index contributed by atoms with van der Waals surface area (Å²) in [5.41, 5.74) is 0.409. The van der Waals surface area contributed by atoms with Gasteiger partial charge in [-0.25, -0.2) is 4.79 Å². The van der Waals surface area contributed by atoms with Crippen molar-refractivity contribution in [1.29, 1.82) is 0 Å². The minimum Gasteiger partial charge on any atom is -0.490 e. The summed E-state index contributed by atoms with van der Waals surface area (Å²) >= 11 is 5.74. The lowest BCUT2D eigenvalue weighted by atomic mass is 10.2. The number of nitro benzene ring substituents is 1. The zero-order valence-corrected chi connectivity index (χ0v) is 15.1. The number of nitrogens with zero attached hydrogens (tertiary/aromatic N) is 1. The van der Waals surface area contributed by atoms with E-state index in [1.165, 1.54) is 12.1 Å². The largest absolute Gasteiger partial charge is 0.490 e. The van der Waals surface area contributed by atoms with E-state index >= 15 is 0 Å². The highest BCUT2D eigenvalue weighted by atomic mass is 35.5. The Balaban J connectivity index is 2.10. The van der Waals surface area contributed by atoms with E-state index in [2.05, 4.69) is 0 Å². The molecule has 0 atom stereocenters. The molecule has 0 aliphatic carbocycles. The molecule has 0 heterocycles. The van der Waals surface area contributed by atoms with E-state index in [9.17, 15) is 14.9 Å². The lowest BCUT2D eigenvalue weighted by Gasteiger charge is -2.12. The number of carbonyl (C=O) groups is 1. The summed E-state index contributed by atoms with van der Waals surface area (Å²) in [5, 5.41) is 10.9. The summed E-state index contributed by atoms with van der Waals surface area (Å²) in [7, 11) is 0. The van der Waals surface area contributed by atoms with Gasteiger partial charge in [-0.15, -0.1) is 0 Å². The molecule has 0 amide bonds. The fraction of sp³-hybridized carbons (Fsp3) is 0.278. The predicted molar refractivity (Wildman–Crippen MR) is 96.0 cm³/mol. The molecule has 0 aliphatic heterocycles. The second-order valence-corrected chi connectivity index (χ2v) is 5.55. The van der Waals surface area contributed by atoms with Crippen LogP contribution in [0, 0.1) is 10.1 Å². The number of hydrogen-bond donors (Lipinski definition) is 0. The Morgan fingerprint density at radius 1 is 1.08 bits per heavy atom. The Morgan fingerprint density at radius 2 is 1.77 bits per heavy atom. The molecule has 7 nitrogen and oxygen atoms in total. The van der Waals surface area contributed by atoms with Crippen LogP contribution in [-0.2, 0) is 11.3 Å². The molecule has 0 N–H and O–H groups in total. The summed E-state index contributed by atoms with van der Waals surface area (Å²) in [5.74, 6) is 0.486. The van der Waals surface area contributed by atoms with Crippen molar-refractivity contribution in [3.8, 4) is 11.5 Å². The van der Waals surface area contributed by atoms with Crippen LogP contribution in [0.2, 0.25) is 5.02 Å². The summed E-state index contributed by atoms with van der Waals surface area (Å²) < 4.78 is 16.2. The van der Waals surface area contributed by atoms with Gasteiger partial charge in [-0.1, -0.05) is 17.7 Å². The molecule has 8 heteroatoms. The molecule has 2 rings (SSSR count). The number of carbonyl (C=O) groups excluding carboxylic acids is 1. The highest BCUT2D eigenvalue weighted by Crippen LogP contribution is 2.29. The van der Waals surface area contributed by atoms with Crippen LogP contribution in [0.25, 0.3) is 0 Å². The minimum atomic E-state index is -0.684. The first-order valence-electron chi connectivity index (χ1n) is 7.95. The number of rotatable bonds is 8. The van der Waals surface area contributed by atoms with E-state index in [-0.39, 0.29) is 22.9 Å². The first-order valence-corrected chi connectivity index (χ1v) is 8.33. The molecule has 0 spiro atoms. The molecule has 0 unspecified atom stereocenters. The van der Waals surface area contributed by atoms with Crippen LogP contribution in [-0.4, -0.2) is 24.1 Å². The zero-order valence-electron chi connectivity index (χ0n) is 14.4. The monoisotopic (exact) mass is 379 g/mol. The standard InChI is InChI=1S/C18H18ClNO6/c1-3-24-16-8-5-12(9-17(16)25-4-2)11-26-18(21)13-6-7-14(19)15(10-13)20(22)23/h5-10H,3-4,11H2,1-2H3. The van der Waals surface area contributed by atoms with E-state index in [0.29, 0.717) is 30.3 Å². The van der Waals surface area contributed by atoms with Crippen molar-refractivity contribution in [3.05, 3.63) is 62.7 Å². The van der Waals surface area contributed by atoms with Gasteiger partial charge in [0.05, 0.1) is 23.7 Å². The van der Waals surface area contributed by atoms with E-state index < -0.39 is 10.9 Å². The quantitative estimate of drug-likeness (QED) is 0.383. The molecule has 0 saturated heterocycles. The first-order chi connectivity index (χ1) is 12.5. The fourth-order valence-corrected chi connectivity index (χ4v) is 2.38. The Morgan fingerprint density at radius 3 is 2.42 bits per heavy atom. The fourth-order valence-electron chi connectivity index (χ4n) is 2.20. The van der Waals surface area contributed by atoms with Crippen molar-refractivity contribution < 1.29 is 23.9 Å². The molecule has 26 heavy (non-hydrogen) atoms. The Labute approximate surface area is 155 Å². The number of hydrogen-bond acceptors (Lipinski definition) is 6. The molecule has 2 aromatic rings. The average Bonchev–Trinajstić information content (AvgIpc) is 2.62. The third-order valence-electron chi connectivity index (χ3n) is 3.36. The highest BCUT2D eigenvalue weighted by molar-refractivity contribution is 6.32. The van der Waals surface area contributed by atoms with E-state index in [4.69, 9.17) is 25.8 Å². The smallest absolute Gasteiger partial charge is 0.338 e. The number of halogens is 1. The van der Waals surface area contributed by atoms with E-state index in [1.807, 2.05) is 13.8 Å². The summed E-state index contributed by atoms with van der Waals surface area (Å²) in [6.07, 6.45) is 0. The molecule has 2 aromatic carbocycles. The molecular formula is C18H18ClNO6. The number of benzene rings is 2. The third kappa shape index (κ3) is 4.86. The van der Waals surface area contributed by atoms with Crippen molar-refractivity contribution >= 4 is 23.3 Å². The second kappa shape index (κ2) is 9.05. The van der Waals surface area contributed by atoms with Gasteiger partial charge >= 0.3 is 5.97 Å². The van der Waals surface area contributed by atoms with Gasteiger partial charge in [-0.05, 0) is 43.7 Å². The van der Waals surface area contributed by atoms with Gasteiger partial charge in [0.25, 0.3) is 5.69 Å². The maximum absolute atomic E-state index is 12.1. The van der Waals surface area contributed by atoms with Crippen molar-refractivity contribution in [3.63, 3.8) is 0 Å². The second-order valence-electron chi connectivity index (χ2n) is 5.15. The molecule has 0 aromatic heterocycles. The third-order valence-corrected chi connectivity index (χ3v) is 3.68. The Kier molecular flexibility index (Phi) is 6.80. The highest BCUT2D eigenvalue weighted by Gasteiger charge is 2.17. The molecule has 0 saturated carbocycles. The van der Waals surface area contributed by atoms with Crippen LogP contribution in [0.4, 0.5) is 5.69 Å².